The summed E-state index contributed by atoms with van der Waals surface area (Å²) in [5.74, 6) is 0. The van der Waals surface area contributed by atoms with E-state index in [2.05, 4.69) is 15.1 Å². The Hall–Kier alpha value is -2.29. The van der Waals surface area contributed by atoms with E-state index in [4.69, 9.17) is 5.39 Å². The van der Waals surface area contributed by atoms with Crippen molar-refractivity contribution in [2.24, 2.45) is 0 Å². The summed E-state index contributed by atoms with van der Waals surface area (Å²) in [5.41, 5.74) is -0.204. The van der Waals surface area contributed by atoms with Crippen molar-refractivity contribution in [1.29, 1.82) is 5.39 Å². The molecule has 13 heavy (non-hydrogen) atoms. The number of rotatable bonds is 0. The number of fused-ring (bicyclic) bond motifs is 1. The van der Waals surface area contributed by atoms with E-state index in [0.29, 0.717) is 5.65 Å². The van der Waals surface area contributed by atoms with Crippen LogP contribution in [0.25, 0.3) is 10.6 Å². The molecule has 0 radical (unpaired) electrons. The maximum Gasteiger partial charge on any atom is 0.469 e. The van der Waals surface area contributed by atoms with Crippen LogP contribution >= 0.6 is 0 Å². The van der Waals surface area contributed by atoms with Crippen LogP contribution in [0.4, 0.5) is 5.69 Å². The molecule has 0 aliphatic carbocycles. The second-order valence-electron chi connectivity index (χ2n) is 2.34. The molecule has 0 unspecified atom stereocenters. The van der Waals surface area contributed by atoms with Crippen molar-refractivity contribution in [2.75, 3.05) is 0 Å². The summed E-state index contributed by atoms with van der Waals surface area (Å²) in [7, 11) is 0. The minimum atomic E-state index is -0.492. The lowest BCUT2D eigenvalue weighted by Gasteiger charge is -1.92. The zero-order valence-electron chi connectivity index (χ0n) is 6.45. The third-order valence-corrected chi connectivity index (χ3v) is 1.57. The molecule has 6 heteroatoms. The van der Waals surface area contributed by atoms with Gasteiger partial charge in [-0.2, -0.15) is 9.61 Å². The number of hydrogen-bond acceptors (Lipinski definition) is 4. The zero-order valence-corrected chi connectivity index (χ0v) is 6.45. The summed E-state index contributed by atoms with van der Waals surface area (Å²) in [5, 5.41) is 12.2. The van der Waals surface area contributed by atoms with Gasteiger partial charge in [0, 0.05) is 6.20 Å². The molecule has 0 N–H and O–H groups in total. The second-order valence-corrected chi connectivity index (χ2v) is 2.34. The Bertz CT molecular complexity index is 553. The van der Waals surface area contributed by atoms with Crippen molar-refractivity contribution < 1.29 is 0 Å². The molecule has 0 saturated heterocycles. The Morgan fingerprint density at radius 3 is 3.15 bits per heavy atom. The van der Waals surface area contributed by atoms with E-state index >= 15 is 0 Å². The molecule has 2 rings (SSSR count). The fraction of sp³-hybridized carbons (Fsp3) is 0. The molecule has 0 aliphatic heterocycles. The van der Waals surface area contributed by atoms with Crippen LogP contribution in [0.15, 0.2) is 29.3 Å². The third-order valence-electron chi connectivity index (χ3n) is 1.57. The maximum absolute atomic E-state index is 11.4. The number of hydrogen-bond donors (Lipinski definition) is 0. The van der Waals surface area contributed by atoms with E-state index in [1.165, 1.54) is 12.4 Å². The van der Waals surface area contributed by atoms with E-state index < -0.39 is 5.56 Å². The quantitative estimate of drug-likeness (QED) is 0.547. The predicted molar refractivity (Wildman–Crippen MR) is 44.0 cm³/mol. The van der Waals surface area contributed by atoms with Crippen LogP contribution in [-0.2, 0) is 0 Å². The van der Waals surface area contributed by atoms with Crippen LogP contribution in [0.5, 0.6) is 0 Å². The molecular formula is C7H4N5O+. The first-order chi connectivity index (χ1) is 6.33. The van der Waals surface area contributed by atoms with E-state index in [0.717, 1.165) is 4.52 Å². The Kier molecular flexibility index (Phi) is 1.49. The monoisotopic (exact) mass is 174 g/mol. The van der Waals surface area contributed by atoms with E-state index in [9.17, 15) is 4.79 Å². The first-order valence-electron chi connectivity index (χ1n) is 3.51. The van der Waals surface area contributed by atoms with Gasteiger partial charge in [0.15, 0.2) is 10.6 Å². The Labute approximate surface area is 72.1 Å². The van der Waals surface area contributed by atoms with Gasteiger partial charge in [-0.25, -0.2) is 4.98 Å². The van der Waals surface area contributed by atoms with Crippen LogP contribution < -0.4 is 5.56 Å². The van der Waals surface area contributed by atoms with E-state index in [-0.39, 0.29) is 5.69 Å². The van der Waals surface area contributed by atoms with Gasteiger partial charge < -0.3 is 0 Å². The van der Waals surface area contributed by atoms with Crippen LogP contribution in [0.1, 0.15) is 0 Å². The van der Waals surface area contributed by atoms with Gasteiger partial charge in [-0.1, -0.05) is 0 Å². The fourth-order valence-electron chi connectivity index (χ4n) is 0.978. The van der Waals surface area contributed by atoms with Gasteiger partial charge in [0.2, 0.25) is 5.39 Å². The summed E-state index contributed by atoms with van der Waals surface area (Å²) >= 11 is 0. The molecule has 0 bridgehead atoms. The molecular weight excluding hydrogens is 170 g/mol. The smallest absolute Gasteiger partial charge is 0.258 e. The van der Waals surface area contributed by atoms with Crippen LogP contribution in [0.3, 0.4) is 0 Å². The lowest BCUT2D eigenvalue weighted by molar-refractivity contribution is 0.870. The van der Waals surface area contributed by atoms with E-state index in [1.54, 1.807) is 12.1 Å². The molecule has 0 atom stereocenters. The summed E-state index contributed by atoms with van der Waals surface area (Å²) in [6, 6.07) is 3.30. The number of aromatic nitrogens is 3. The fourth-order valence-corrected chi connectivity index (χ4v) is 0.978. The lowest BCUT2D eigenvalue weighted by atomic mass is 10.5. The first kappa shape index (κ1) is 7.36. The highest BCUT2D eigenvalue weighted by Crippen LogP contribution is 2.02. The van der Waals surface area contributed by atoms with Gasteiger partial charge in [-0.05, 0) is 12.1 Å². The Morgan fingerprint density at radius 1 is 1.54 bits per heavy atom. The molecule has 0 aromatic carbocycles. The maximum atomic E-state index is 11.4. The van der Waals surface area contributed by atoms with Gasteiger partial charge in [-0.3, -0.25) is 4.79 Å². The first-order valence-corrected chi connectivity index (χ1v) is 3.51. The van der Waals surface area contributed by atoms with Crippen molar-refractivity contribution in [2.45, 2.75) is 0 Å². The normalized spacial score (nSPS) is 9.77. The van der Waals surface area contributed by atoms with E-state index in [1.807, 2.05) is 0 Å². The number of nitrogens with zero attached hydrogens (tertiary/aromatic N) is 5. The van der Waals surface area contributed by atoms with Crippen molar-refractivity contribution in [3.05, 3.63) is 39.9 Å². The summed E-state index contributed by atoms with van der Waals surface area (Å²) < 4.78 is 1.06. The minimum absolute atomic E-state index is 0.129. The molecule has 2 heterocycles. The van der Waals surface area contributed by atoms with Crippen molar-refractivity contribution in [3.8, 4) is 0 Å². The summed E-state index contributed by atoms with van der Waals surface area (Å²) in [6.07, 6.45) is 2.65. The summed E-state index contributed by atoms with van der Waals surface area (Å²) in [4.78, 5) is 18.0. The highest BCUT2D eigenvalue weighted by atomic mass is 16.1. The zero-order chi connectivity index (χ0) is 9.26. The lowest BCUT2D eigenvalue weighted by Crippen LogP contribution is -2.15. The average molecular weight is 174 g/mol. The van der Waals surface area contributed by atoms with Gasteiger partial charge in [0.05, 0.1) is 0 Å². The molecule has 0 fully saturated rings. The molecule has 2 aromatic heterocycles. The van der Waals surface area contributed by atoms with Gasteiger partial charge >= 0.3 is 11.2 Å². The molecule has 0 aliphatic rings. The molecule has 6 nitrogen and oxygen atoms in total. The van der Waals surface area contributed by atoms with Crippen molar-refractivity contribution >= 4 is 11.3 Å². The standard InChI is InChI=1S/C7H4N5O/c8-11-5-4-9-6-2-1-3-10-12(6)7(5)13/h1-4H/q+1. The molecule has 62 valence electrons. The van der Waals surface area contributed by atoms with Crippen LogP contribution in [0, 0.1) is 5.39 Å². The number of diazo groups is 1. The van der Waals surface area contributed by atoms with Crippen molar-refractivity contribution in [1.82, 2.24) is 14.6 Å². The molecule has 0 spiro atoms. The van der Waals surface area contributed by atoms with Gasteiger partial charge in [0.25, 0.3) is 0 Å². The SMILES string of the molecule is N#[N+]c1cnc2cccnn2c1=O. The van der Waals surface area contributed by atoms with Gasteiger partial charge in [-0.15, -0.1) is 0 Å². The highest BCUT2D eigenvalue weighted by Gasteiger charge is 2.14. The second kappa shape index (κ2) is 2.64. The Balaban J connectivity index is 2.98. The average Bonchev–Trinajstić information content (AvgIpc) is 2.19. The Morgan fingerprint density at radius 2 is 2.38 bits per heavy atom. The third kappa shape index (κ3) is 1.03. The molecule has 0 amide bonds. The summed E-state index contributed by atoms with van der Waals surface area (Å²) in [6.45, 7) is 0. The topological polar surface area (TPSA) is 75.4 Å². The molecule has 0 saturated carbocycles. The predicted octanol–water partition coefficient (Wildman–Crippen LogP) is 0.574. The minimum Gasteiger partial charge on any atom is -0.258 e. The van der Waals surface area contributed by atoms with Crippen LogP contribution in [0.2, 0.25) is 0 Å². The van der Waals surface area contributed by atoms with Crippen LogP contribution in [-0.4, -0.2) is 14.6 Å². The van der Waals surface area contributed by atoms with Crippen molar-refractivity contribution in [3.63, 3.8) is 0 Å². The highest BCUT2D eigenvalue weighted by molar-refractivity contribution is 5.45. The molecule has 2 aromatic rings. The van der Waals surface area contributed by atoms with Gasteiger partial charge in [0.1, 0.15) is 6.20 Å². The largest absolute Gasteiger partial charge is 0.469 e.